The molecule has 0 aliphatic carbocycles. The van der Waals surface area contributed by atoms with Gasteiger partial charge in [-0.25, -0.2) is 0 Å². The predicted molar refractivity (Wildman–Crippen MR) is 87.6 cm³/mol. The molecule has 0 saturated carbocycles. The summed E-state index contributed by atoms with van der Waals surface area (Å²) in [6.45, 7) is 0.717. The summed E-state index contributed by atoms with van der Waals surface area (Å²) < 4.78 is 10.6. The zero-order valence-electron chi connectivity index (χ0n) is 13.0. The SMILES string of the molecule is COc1cc(CNc2ccc(N(C)C)cc2)cc(OC)c1. The molecule has 21 heavy (non-hydrogen) atoms. The van der Waals surface area contributed by atoms with Crippen LogP contribution >= 0.6 is 0 Å². The molecular formula is C17H22N2O2. The number of hydrogen-bond donors (Lipinski definition) is 1. The normalized spacial score (nSPS) is 10.1. The predicted octanol–water partition coefficient (Wildman–Crippen LogP) is 3.38. The molecule has 0 spiro atoms. The van der Waals surface area contributed by atoms with Crippen LogP contribution in [0.3, 0.4) is 0 Å². The van der Waals surface area contributed by atoms with E-state index in [4.69, 9.17) is 9.47 Å². The molecule has 0 bridgehead atoms. The van der Waals surface area contributed by atoms with E-state index in [-0.39, 0.29) is 0 Å². The molecule has 0 heterocycles. The van der Waals surface area contributed by atoms with Crippen molar-refractivity contribution in [3.63, 3.8) is 0 Å². The van der Waals surface area contributed by atoms with E-state index in [1.54, 1.807) is 14.2 Å². The Bertz CT molecular complexity index is 558. The van der Waals surface area contributed by atoms with Crippen molar-refractivity contribution in [3.8, 4) is 11.5 Å². The van der Waals surface area contributed by atoms with Gasteiger partial charge >= 0.3 is 0 Å². The molecule has 0 aromatic heterocycles. The fourth-order valence-electron chi connectivity index (χ4n) is 2.05. The Morgan fingerprint density at radius 3 is 1.95 bits per heavy atom. The quantitative estimate of drug-likeness (QED) is 0.882. The van der Waals surface area contributed by atoms with Gasteiger partial charge in [-0.2, -0.15) is 0 Å². The van der Waals surface area contributed by atoms with E-state index in [1.165, 1.54) is 5.69 Å². The summed E-state index contributed by atoms with van der Waals surface area (Å²) in [4.78, 5) is 2.08. The monoisotopic (exact) mass is 286 g/mol. The van der Waals surface area contributed by atoms with E-state index in [1.807, 2.05) is 32.3 Å². The van der Waals surface area contributed by atoms with Crippen molar-refractivity contribution in [2.45, 2.75) is 6.54 Å². The molecule has 2 aromatic carbocycles. The smallest absolute Gasteiger partial charge is 0.122 e. The van der Waals surface area contributed by atoms with E-state index >= 15 is 0 Å². The van der Waals surface area contributed by atoms with Gasteiger partial charge in [-0.3, -0.25) is 0 Å². The lowest BCUT2D eigenvalue weighted by atomic mass is 10.2. The third-order valence-electron chi connectivity index (χ3n) is 3.29. The number of ether oxygens (including phenoxy) is 2. The van der Waals surface area contributed by atoms with Crippen molar-refractivity contribution in [3.05, 3.63) is 48.0 Å². The molecule has 0 radical (unpaired) electrons. The first-order valence-electron chi connectivity index (χ1n) is 6.85. The molecule has 112 valence electrons. The van der Waals surface area contributed by atoms with Gasteiger partial charge in [-0.1, -0.05) is 0 Å². The maximum atomic E-state index is 5.28. The van der Waals surface area contributed by atoms with Crippen molar-refractivity contribution >= 4 is 11.4 Å². The number of nitrogens with zero attached hydrogens (tertiary/aromatic N) is 1. The van der Waals surface area contributed by atoms with Gasteiger partial charge < -0.3 is 19.7 Å². The highest BCUT2D eigenvalue weighted by atomic mass is 16.5. The number of nitrogens with one attached hydrogen (secondary N) is 1. The van der Waals surface area contributed by atoms with Gasteiger partial charge in [0.15, 0.2) is 0 Å². The van der Waals surface area contributed by atoms with Gasteiger partial charge in [0.05, 0.1) is 14.2 Å². The van der Waals surface area contributed by atoms with Gasteiger partial charge in [0.2, 0.25) is 0 Å². The summed E-state index contributed by atoms with van der Waals surface area (Å²) >= 11 is 0. The van der Waals surface area contributed by atoms with Crippen LogP contribution in [0.15, 0.2) is 42.5 Å². The lowest BCUT2D eigenvalue weighted by Crippen LogP contribution is -2.08. The highest BCUT2D eigenvalue weighted by Crippen LogP contribution is 2.23. The van der Waals surface area contributed by atoms with Gasteiger partial charge in [0.25, 0.3) is 0 Å². The number of benzene rings is 2. The zero-order chi connectivity index (χ0) is 15.2. The average molecular weight is 286 g/mol. The Morgan fingerprint density at radius 1 is 0.905 bits per heavy atom. The molecule has 0 saturated heterocycles. The third kappa shape index (κ3) is 4.05. The number of hydrogen-bond acceptors (Lipinski definition) is 4. The first-order chi connectivity index (χ1) is 10.1. The molecular weight excluding hydrogens is 264 g/mol. The van der Waals surface area contributed by atoms with Crippen LogP contribution in [-0.4, -0.2) is 28.3 Å². The van der Waals surface area contributed by atoms with Crippen molar-refractivity contribution in [1.82, 2.24) is 0 Å². The average Bonchev–Trinajstić information content (AvgIpc) is 2.52. The summed E-state index contributed by atoms with van der Waals surface area (Å²) in [6, 6.07) is 14.2. The van der Waals surface area contributed by atoms with Crippen LogP contribution in [0.5, 0.6) is 11.5 Å². The van der Waals surface area contributed by atoms with Crippen LogP contribution < -0.4 is 19.7 Å². The molecule has 4 nitrogen and oxygen atoms in total. The van der Waals surface area contributed by atoms with Crippen LogP contribution in [0.25, 0.3) is 0 Å². The van der Waals surface area contributed by atoms with Crippen LogP contribution in [0.2, 0.25) is 0 Å². The lowest BCUT2D eigenvalue weighted by Gasteiger charge is -2.14. The first-order valence-corrected chi connectivity index (χ1v) is 6.85. The molecule has 0 aliphatic heterocycles. The fourth-order valence-corrected chi connectivity index (χ4v) is 2.05. The van der Waals surface area contributed by atoms with Gasteiger partial charge in [0, 0.05) is 38.1 Å². The summed E-state index contributed by atoms with van der Waals surface area (Å²) in [6.07, 6.45) is 0. The summed E-state index contributed by atoms with van der Waals surface area (Å²) in [5, 5.41) is 3.40. The van der Waals surface area contributed by atoms with Crippen LogP contribution in [0.4, 0.5) is 11.4 Å². The number of rotatable bonds is 6. The Balaban J connectivity index is 2.05. The Morgan fingerprint density at radius 2 is 1.48 bits per heavy atom. The summed E-state index contributed by atoms with van der Waals surface area (Å²) in [5.41, 5.74) is 3.38. The Hall–Kier alpha value is -2.36. The molecule has 1 N–H and O–H groups in total. The van der Waals surface area contributed by atoms with Gasteiger partial charge in [-0.15, -0.1) is 0 Å². The molecule has 0 amide bonds. The summed E-state index contributed by atoms with van der Waals surface area (Å²) in [5.74, 6) is 1.60. The molecule has 0 aliphatic rings. The molecule has 2 rings (SSSR count). The van der Waals surface area contributed by atoms with E-state index in [0.717, 1.165) is 29.3 Å². The molecule has 0 atom stereocenters. The lowest BCUT2D eigenvalue weighted by molar-refractivity contribution is 0.393. The van der Waals surface area contributed by atoms with Crippen molar-refractivity contribution < 1.29 is 9.47 Å². The number of methoxy groups -OCH3 is 2. The highest BCUT2D eigenvalue weighted by Gasteiger charge is 2.02. The topological polar surface area (TPSA) is 33.7 Å². The molecule has 4 heteroatoms. The maximum Gasteiger partial charge on any atom is 0.122 e. The van der Waals surface area contributed by atoms with E-state index in [2.05, 4.69) is 34.5 Å². The largest absolute Gasteiger partial charge is 0.497 e. The minimum absolute atomic E-state index is 0.717. The molecule has 0 unspecified atom stereocenters. The first kappa shape index (κ1) is 15.0. The minimum Gasteiger partial charge on any atom is -0.497 e. The van der Waals surface area contributed by atoms with Crippen molar-refractivity contribution in [1.29, 1.82) is 0 Å². The second kappa shape index (κ2) is 6.88. The second-order valence-corrected chi connectivity index (χ2v) is 5.02. The zero-order valence-corrected chi connectivity index (χ0v) is 13.0. The van der Waals surface area contributed by atoms with Crippen LogP contribution in [0.1, 0.15) is 5.56 Å². The van der Waals surface area contributed by atoms with Crippen LogP contribution in [-0.2, 0) is 6.54 Å². The number of anilines is 2. The fraction of sp³-hybridized carbons (Fsp3) is 0.294. The van der Waals surface area contributed by atoms with Gasteiger partial charge in [0.1, 0.15) is 11.5 Å². The second-order valence-electron chi connectivity index (χ2n) is 5.02. The highest BCUT2D eigenvalue weighted by molar-refractivity contribution is 5.54. The van der Waals surface area contributed by atoms with Crippen molar-refractivity contribution in [2.75, 3.05) is 38.5 Å². The minimum atomic E-state index is 0.717. The maximum absolute atomic E-state index is 5.28. The Labute approximate surface area is 126 Å². The molecule has 0 fully saturated rings. The van der Waals surface area contributed by atoms with Crippen molar-refractivity contribution in [2.24, 2.45) is 0 Å². The van der Waals surface area contributed by atoms with Gasteiger partial charge in [-0.05, 0) is 42.0 Å². The molecule has 2 aromatic rings. The van der Waals surface area contributed by atoms with Crippen LogP contribution in [0, 0.1) is 0 Å². The van der Waals surface area contributed by atoms with E-state index in [9.17, 15) is 0 Å². The third-order valence-corrected chi connectivity index (χ3v) is 3.29. The Kier molecular flexibility index (Phi) is 4.93. The van der Waals surface area contributed by atoms with E-state index in [0.29, 0.717) is 0 Å². The summed E-state index contributed by atoms with van der Waals surface area (Å²) in [7, 11) is 7.38. The van der Waals surface area contributed by atoms with E-state index < -0.39 is 0 Å². The standard InChI is InChI=1S/C17H22N2O2/c1-19(2)15-7-5-14(6-8-15)18-12-13-9-16(20-3)11-17(10-13)21-4/h5-11,18H,12H2,1-4H3.